The van der Waals surface area contributed by atoms with Gasteiger partial charge in [0, 0.05) is 17.7 Å². The maximum atomic E-state index is 11.7. The number of hydrazone groups is 1. The molecule has 0 saturated carbocycles. The molecule has 7 nitrogen and oxygen atoms in total. The molecule has 2 aromatic carbocycles. The summed E-state index contributed by atoms with van der Waals surface area (Å²) in [7, 11) is 0. The summed E-state index contributed by atoms with van der Waals surface area (Å²) in [4.78, 5) is 21.7. The topological polar surface area (TPSA) is 108 Å². The number of rotatable bonds is 4. The molecule has 106 valence electrons. The highest BCUT2D eigenvalue weighted by Gasteiger charge is 2.06. The Morgan fingerprint density at radius 3 is 2.57 bits per heavy atom. The molecule has 0 aliphatic heterocycles. The molecule has 0 atom stereocenters. The highest BCUT2D eigenvalue weighted by molar-refractivity contribution is 5.95. The van der Waals surface area contributed by atoms with Crippen LogP contribution in [0.1, 0.15) is 15.9 Å². The second-order valence-electron chi connectivity index (χ2n) is 4.04. The number of amides is 1. The van der Waals surface area contributed by atoms with Gasteiger partial charge in [-0.3, -0.25) is 14.9 Å². The molecule has 0 aromatic heterocycles. The first kappa shape index (κ1) is 14.2. The summed E-state index contributed by atoms with van der Waals surface area (Å²) in [6.45, 7) is 0. The molecule has 0 spiro atoms. The van der Waals surface area contributed by atoms with Crippen molar-refractivity contribution < 1.29 is 14.8 Å². The average Bonchev–Trinajstić information content (AvgIpc) is 2.49. The van der Waals surface area contributed by atoms with Gasteiger partial charge in [-0.1, -0.05) is 30.0 Å². The summed E-state index contributed by atoms with van der Waals surface area (Å²) in [5.41, 5.74) is 2.47. The lowest BCUT2D eigenvalue weighted by molar-refractivity contribution is -0.385. The van der Waals surface area contributed by atoms with E-state index in [0.717, 1.165) is 24.4 Å². The molecule has 1 N–H and O–H groups in total. The summed E-state index contributed by atoms with van der Waals surface area (Å²) in [6, 6.07) is 11.7. The lowest BCUT2D eigenvalue weighted by Gasteiger charge is -2.08. The zero-order valence-corrected chi connectivity index (χ0v) is 10.7. The van der Waals surface area contributed by atoms with E-state index in [4.69, 9.17) is 0 Å². The van der Waals surface area contributed by atoms with E-state index < -0.39 is 16.6 Å². The van der Waals surface area contributed by atoms with Gasteiger partial charge in [0.15, 0.2) is 0 Å². The summed E-state index contributed by atoms with van der Waals surface area (Å²) < 4.78 is 0. The number of non-ortho nitro benzene ring substituents is 1. The van der Waals surface area contributed by atoms with Gasteiger partial charge in [-0.15, -0.1) is 0 Å². The van der Waals surface area contributed by atoms with Crippen LogP contribution in [0.25, 0.3) is 0 Å². The Bertz CT molecular complexity index is 699. The van der Waals surface area contributed by atoms with Crippen LogP contribution in [0.2, 0.25) is 0 Å². The Kier molecular flexibility index (Phi) is 4.25. The molecular formula is C14H10N3O4-. The number of carbonyl (C=O) groups excluding carboxylic acids is 1. The molecule has 0 heterocycles. The van der Waals surface area contributed by atoms with Crippen LogP contribution in [-0.2, 0) is 0 Å². The van der Waals surface area contributed by atoms with Crippen LogP contribution in [0, 0.1) is 10.1 Å². The quantitative estimate of drug-likeness (QED) is 0.520. The van der Waals surface area contributed by atoms with Crippen molar-refractivity contribution >= 4 is 17.8 Å². The minimum absolute atomic E-state index is 0.0255. The third-order valence-corrected chi connectivity index (χ3v) is 2.61. The number of nitrogens with zero attached hydrogens (tertiary/aromatic N) is 2. The van der Waals surface area contributed by atoms with E-state index in [-0.39, 0.29) is 11.3 Å². The van der Waals surface area contributed by atoms with Gasteiger partial charge in [-0.2, -0.15) is 5.10 Å². The minimum atomic E-state index is -0.612. The van der Waals surface area contributed by atoms with Crippen molar-refractivity contribution in [2.45, 2.75) is 0 Å². The smallest absolute Gasteiger partial charge is 0.271 e. The number of carbonyl (C=O) groups is 1. The zero-order chi connectivity index (χ0) is 15.2. The first-order valence-corrected chi connectivity index (χ1v) is 5.92. The van der Waals surface area contributed by atoms with Crippen LogP contribution < -0.4 is 10.5 Å². The third kappa shape index (κ3) is 3.63. The van der Waals surface area contributed by atoms with E-state index in [1.54, 1.807) is 30.3 Å². The van der Waals surface area contributed by atoms with Gasteiger partial charge in [-0.25, -0.2) is 5.43 Å². The Morgan fingerprint density at radius 1 is 1.19 bits per heavy atom. The fourth-order valence-electron chi connectivity index (χ4n) is 1.56. The van der Waals surface area contributed by atoms with Crippen LogP contribution in [0.3, 0.4) is 0 Å². The highest BCUT2D eigenvalue weighted by atomic mass is 16.6. The van der Waals surface area contributed by atoms with Crippen molar-refractivity contribution in [3.05, 3.63) is 69.8 Å². The van der Waals surface area contributed by atoms with Crippen molar-refractivity contribution in [1.29, 1.82) is 0 Å². The van der Waals surface area contributed by atoms with E-state index in [2.05, 4.69) is 10.5 Å². The maximum absolute atomic E-state index is 11.7. The van der Waals surface area contributed by atoms with E-state index in [1.807, 2.05) is 0 Å². The molecule has 0 aliphatic carbocycles. The van der Waals surface area contributed by atoms with Gasteiger partial charge in [0.25, 0.3) is 11.6 Å². The Balaban J connectivity index is 2.10. The van der Waals surface area contributed by atoms with Crippen molar-refractivity contribution in [2.75, 3.05) is 0 Å². The molecule has 2 rings (SSSR count). The predicted molar refractivity (Wildman–Crippen MR) is 74.0 cm³/mol. The molecule has 0 bridgehead atoms. The molecule has 0 aliphatic rings. The van der Waals surface area contributed by atoms with Gasteiger partial charge in [0.05, 0.1) is 11.1 Å². The lowest BCUT2D eigenvalue weighted by Crippen LogP contribution is -2.17. The number of benzene rings is 2. The molecule has 0 saturated heterocycles. The summed E-state index contributed by atoms with van der Waals surface area (Å²) in [5, 5.41) is 25.8. The zero-order valence-electron chi connectivity index (χ0n) is 10.7. The van der Waals surface area contributed by atoms with Crippen molar-refractivity contribution in [2.24, 2.45) is 5.10 Å². The number of nitrogens with one attached hydrogen (secondary N) is 1. The Morgan fingerprint density at radius 2 is 1.90 bits per heavy atom. The van der Waals surface area contributed by atoms with Gasteiger partial charge in [0.1, 0.15) is 0 Å². The van der Waals surface area contributed by atoms with E-state index in [0.29, 0.717) is 5.56 Å². The number of hydrogen-bond donors (Lipinski definition) is 1. The fraction of sp³-hybridized carbons (Fsp3) is 0. The van der Waals surface area contributed by atoms with Crippen LogP contribution in [0.4, 0.5) is 5.69 Å². The largest absolute Gasteiger partial charge is 0.872 e. The first-order valence-electron chi connectivity index (χ1n) is 5.92. The van der Waals surface area contributed by atoms with Crippen LogP contribution in [0.15, 0.2) is 53.6 Å². The highest BCUT2D eigenvalue weighted by Crippen LogP contribution is 2.18. The van der Waals surface area contributed by atoms with Crippen molar-refractivity contribution in [1.82, 2.24) is 5.43 Å². The van der Waals surface area contributed by atoms with Crippen LogP contribution >= 0.6 is 0 Å². The first-order chi connectivity index (χ1) is 10.1. The van der Waals surface area contributed by atoms with Gasteiger partial charge in [0.2, 0.25) is 0 Å². The Hall–Kier alpha value is -3.22. The second kappa shape index (κ2) is 6.29. The monoisotopic (exact) mass is 284 g/mol. The van der Waals surface area contributed by atoms with Crippen LogP contribution in [0.5, 0.6) is 5.75 Å². The Labute approximate surface area is 119 Å². The third-order valence-electron chi connectivity index (χ3n) is 2.61. The van der Waals surface area contributed by atoms with E-state index >= 15 is 0 Å². The summed E-state index contributed by atoms with van der Waals surface area (Å²) >= 11 is 0. The van der Waals surface area contributed by atoms with Gasteiger partial charge in [-0.05, 0) is 17.7 Å². The number of hydrogen-bond acceptors (Lipinski definition) is 5. The molecule has 2 aromatic rings. The number of nitro groups is 1. The van der Waals surface area contributed by atoms with Gasteiger partial charge < -0.3 is 5.11 Å². The molecule has 0 radical (unpaired) electrons. The summed E-state index contributed by atoms with van der Waals surface area (Å²) in [6.07, 6.45) is 1.08. The molecule has 7 heteroatoms. The molecule has 0 unspecified atom stereocenters. The van der Waals surface area contributed by atoms with Gasteiger partial charge >= 0.3 is 0 Å². The molecule has 21 heavy (non-hydrogen) atoms. The van der Waals surface area contributed by atoms with E-state index in [9.17, 15) is 20.0 Å². The predicted octanol–water partition coefficient (Wildman–Crippen LogP) is 1.43. The minimum Gasteiger partial charge on any atom is -0.872 e. The second-order valence-corrected chi connectivity index (χ2v) is 4.04. The standard InChI is InChI=1S/C14H11N3O4/c18-13-7-6-12(17(20)21)8-11(13)9-15-16-14(19)10-4-2-1-3-5-10/h1-9,18H,(H,16,19)/p-1/b15-9-. The van der Waals surface area contributed by atoms with Crippen molar-refractivity contribution in [3.63, 3.8) is 0 Å². The number of nitro benzene ring substituents is 1. The van der Waals surface area contributed by atoms with Crippen LogP contribution in [-0.4, -0.2) is 17.0 Å². The SMILES string of the molecule is O=C(N/N=C\c1cc([N+](=O)[O-])ccc1[O-])c1ccccc1. The maximum Gasteiger partial charge on any atom is 0.271 e. The fourth-order valence-corrected chi connectivity index (χ4v) is 1.56. The molecular weight excluding hydrogens is 274 g/mol. The molecule has 1 amide bonds. The summed E-state index contributed by atoms with van der Waals surface area (Å²) in [5.74, 6) is -0.858. The normalized spacial score (nSPS) is 10.5. The average molecular weight is 284 g/mol. The van der Waals surface area contributed by atoms with Crippen molar-refractivity contribution in [3.8, 4) is 5.75 Å². The van der Waals surface area contributed by atoms with E-state index in [1.165, 1.54) is 0 Å². The lowest BCUT2D eigenvalue weighted by atomic mass is 10.2. The molecule has 0 fully saturated rings.